The summed E-state index contributed by atoms with van der Waals surface area (Å²) in [6, 6.07) is -0.903. The molecule has 70 valence electrons. The van der Waals surface area contributed by atoms with Gasteiger partial charge in [0.1, 0.15) is 6.04 Å². The summed E-state index contributed by atoms with van der Waals surface area (Å²) < 4.78 is 0. The highest BCUT2D eigenvalue weighted by Gasteiger charge is 2.32. The standard InChI is InChI=1S/C8H15NO3/c9-7(8(11)12)5-3-1-2-4-6(5)10/h5-7,10H,1-4,9H2,(H,11,12)/t5-,6?,7-/m0/s1. The Hall–Kier alpha value is -0.610. The van der Waals surface area contributed by atoms with E-state index in [-0.39, 0.29) is 5.92 Å². The van der Waals surface area contributed by atoms with Gasteiger partial charge in [0.15, 0.2) is 0 Å². The first-order valence-corrected chi connectivity index (χ1v) is 4.29. The van der Waals surface area contributed by atoms with Crippen molar-refractivity contribution in [2.45, 2.75) is 37.8 Å². The molecule has 0 amide bonds. The van der Waals surface area contributed by atoms with Crippen molar-refractivity contribution in [2.75, 3.05) is 0 Å². The van der Waals surface area contributed by atoms with Gasteiger partial charge in [-0.1, -0.05) is 12.8 Å². The number of hydrogen-bond acceptors (Lipinski definition) is 3. The first-order valence-electron chi connectivity index (χ1n) is 4.29. The summed E-state index contributed by atoms with van der Waals surface area (Å²) in [6.07, 6.45) is 2.84. The number of hydrogen-bond donors (Lipinski definition) is 3. The third-order valence-electron chi connectivity index (χ3n) is 2.53. The molecule has 0 radical (unpaired) electrons. The Bertz CT molecular complexity index is 172. The van der Waals surface area contributed by atoms with E-state index in [0.29, 0.717) is 6.42 Å². The lowest BCUT2D eigenvalue weighted by Crippen LogP contribution is -2.45. The number of nitrogens with two attached hydrogens (primary N) is 1. The number of carboxylic acid groups (broad SMARTS) is 1. The van der Waals surface area contributed by atoms with Crippen molar-refractivity contribution in [1.82, 2.24) is 0 Å². The van der Waals surface area contributed by atoms with Crippen LogP contribution >= 0.6 is 0 Å². The highest BCUT2D eigenvalue weighted by Crippen LogP contribution is 2.26. The van der Waals surface area contributed by atoms with E-state index in [1.165, 1.54) is 0 Å². The maximum absolute atomic E-state index is 10.5. The predicted octanol–water partition coefficient (Wildman–Crippen LogP) is -0.0506. The third-order valence-corrected chi connectivity index (χ3v) is 2.53. The molecule has 4 N–H and O–H groups in total. The zero-order chi connectivity index (χ0) is 9.14. The van der Waals surface area contributed by atoms with Crippen molar-refractivity contribution in [3.63, 3.8) is 0 Å². The number of rotatable bonds is 2. The lowest BCUT2D eigenvalue weighted by atomic mass is 9.82. The molecule has 12 heavy (non-hydrogen) atoms. The van der Waals surface area contributed by atoms with Gasteiger partial charge in [-0.2, -0.15) is 0 Å². The van der Waals surface area contributed by atoms with Crippen LogP contribution in [0.25, 0.3) is 0 Å². The largest absolute Gasteiger partial charge is 0.480 e. The van der Waals surface area contributed by atoms with Crippen LogP contribution in [0.15, 0.2) is 0 Å². The lowest BCUT2D eigenvalue weighted by molar-refractivity contribution is -0.141. The molecule has 3 atom stereocenters. The zero-order valence-electron chi connectivity index (χ0n) is 6.94. The summed E-state index contributed by atoms with van der Waals surface area (Å²) >= 11 is 0. The summed E-state index contributed by atoms with van der Waals surface area (Å²) in [6.45, 7) is 0. The Kier molecular flexibility index (Phi) is 3.05. The molecule has 0 heterocycles. The summed E-state index contributed by atoms with van der Waals surface area (Å²) in [5.74, 6) is -1.27. The molecule has 0 aromatic carbocycles. The number of carbonyl (C=O) groups is 1. The second-order valence-corrected chi connectivity index (χ2v) is 3.38. The van der Waals surface area contributed by atoms with E-state index < -0.39 is 18.1 Å². The average Bonchev–Trinajstić information content (AvgIpc) is 2.04. The van der Waals surface area contributed by atoms with Gasteiger partial charge >= 0.3 is 5.97 Å². The van der Waals surface area contributed by atoms with E-state index in [4.69, 9.17) is 10.8 Å². The molecular weight excluding hydrogens is 158 g/mol. The van der Waals surface area contributed by atoms with Crippen LogP contribution in [0.5, 0.6) is 0 Å². The SMILES string of the molecule is N[C@H](C(=O)O)[C@H]1CCCCC1O. The summed E-state index contributed by atoms with van der Waals surface area (Å²) in [7, 11) is 0. The van der Waals surface area contributed by atoms with E-state index >= 15 is 0 Å². The van der Waals surface area contributed by atoms with Gasteiger partial charge < -0.3 is 15.9 Å². The van der Waals surface area contributed by atoms with Crippen LogP contribution in [0.3, 0.4) is 0 Å². The molecule has 1 fully saturated rings. The van der Waals surface area contributed by atoms with Crippen molar-refractivity contribution in [1.29, 1.82) is 0 Å². The Morgan fingerprint density at radius 3 is 2.50 bits per heavy atom. The molecule has 1 rings (SSSR count). The number of aliphatic carboxylic acids is 1. The van der Waals surface area contributed by atoms with Crippen molar-refractivity contribution in [2.24, 2.45) is 11.7 Å². The molecule has 0 bridgehead atoms. The Morgan fingerprint density at radius 1 is 1.42 bits per heavy atom. The normalized spacial score (nSPS) is 32.8. The van der Waals surface area contributed by atoms with E-state index in [2.05, 4.69) is 0 Å². The number of aliphatic hydroxyl groups is 1. The van der Waals surface area contributed by atoms with Gasteiger partial charge in [-0.05, 0) is 12.8 Å². The zero-order valence-corrected chi connectivity index (χ0v) is 6.94. The van der Waals surface area contributed by atoms with Crippen LogP contribution in [0.1, 0.15) is 25.7 Å². The van der Waals surface area contributed by atoms with Crippen LogP contribution in [0.2, 0.25) is 0 Å². The van der Waals surface area contributed by atoms with Crippen LogP contribution in [0, 0.1) is 5.92 Å². The monoisotopic (exact) mass is 173 g/mol. The second kappa shape index (κ2) is 3.87. The average molecular weight is 173 g/mol. The van der Waals surface area contributed by atoms with Crippen LogP contribution in [-0.4, -0.2) is 28.3 Å². The Balaban J connectivity index is 2.53. The van der Waals surface area contributed by atoms with Gasteiger partial charge in [-0.3, -0.25) is 4.79 Å². The Morgan fingerprint density at radius 2 is 2.00 bits per heavy atom. The van der Waals surface area contributed by atoms with Gasteiger partial charge in [-0.15, -0.1) is 0 Å². The van der Waals surface area contributed by atoms with Crippen molar-refractivity contribution in [3.8, 4) is 0 Å². The van der Waals surface area contributed by atoms with Gasteiger partial charge in [0.05, 0.1) is 6.10 Å². The Labute approximate surface area is 71.4 Å². The van der Waals surface area contributed by atoms with Crippen LogP contribution in [-0.2, 0) is 4.79 Å². The quantitative estimate of drug-likeness (QED) is 0.546. The minimum Gasteiger partial charge on any atom is -0.480 e. The topological polar surface area (TPSA) is 83.6 Å². The molecule has 0 aromatic heterocycles. The van der Waals surface area contributed by atoms with Crippen molar-refractivity contribution < 1.29 is 15.0 Å². The number of carboxylic acids is 1. The van der Waals surface area contributed by atoms with E-state index in [1.54, 1.807) is 0 Å². The van der Waals surface area contributed by atoms with Gasteiger partial charge in [0, 0.05) is 5.92 Å². The first-order chi connectivity index (χ1) is 5.63. The van der Waals surface area contributed by atoms with E-state index in [1.807, 2.05) is 0 Å². The maximum Gasteiger partial charge on any atom is 0.320 e. The van der Waals surface area contributed by atoms with E-state index in [9.17, 15) is 9.90 Å². The maximum atomic E-state index is 10.5. The lowest BCUT2D eigenvalue weighted by Gasteiger charge is -2.29. The third kappa shape index (κ3) is 1.95. The van der Waals surface area contributed by atoms with Crippen LogP contribution < -0.4 is 5.73 Å². The fraction of sp³-hybridized carbons (Fsp3) is 0.875. The number of aliphatic hydroxyl groups excluding tert-OH is 1. The smallest absolute Gasteiger partial charge is 0.320 e. The van der Waals surface area contributed by atoms with Crippen molar-refractivity contribution in [3.05, 3.63) is 0 Å². The molecular formula is C8H15NO3. The highest BCUT2D eigenvalue weighted by molar-refractivity contribution is 5.73. The molecule has 0 saturated heterocycles. The minimum atomic E-state index is -1.01. The molecule has 1 aliphatic carbocycles. The molecule has 1 aliphatic rings. The highest BCUT2D eigenvalue weighted by atomic mass is 16.4. The first kappa shape index (κ1) is 9.48. The van der Waals surface area contributed by atoms with Gasteiger partial charge in [0.25, 0.3) is 0 Å². The van der Waals surface area contributed by atoms with Crippen LogP contribution in [0.4, 0.5) is 0 Å². The predicted molar refractivity (Wildman–Crippen MR) is 43.6 cm³/mol. The molecule has 0 spiro atoms. The summed E-state index contributed by atoms with van der Waals surface area (Å²) in [5, 5.41) is 18.1. The summed E-state index contributed by atoms with van der Waals surface area (Å²) in [4.78, 5) is 10.5. The van der Waals surface area contributed by atoms with Crippen molar-refractivity contribution >= 4 is 5.97 Å². The molecule has 1 unspecified atom stereocenters. The fourth-order valence-electron chi connectivity index (χ4n) is 1.74. The molecule has 4 nitrogen and oxygen atoms in total. The fourth-order valence-corrected chi connectivity index (χ4v) is 1.74. The molecule has 4 heteroatoms. The van der Waals surface area contributed by atoms with Gasteiger partial charge in [-0.25, -0.2) is 0 Å². The molecule has 0 aliphatic heterocycles. The molecule has 1 saturated carbocycles. The minimum absolute atomic E-state index is 0.253. The van der Waals surface area contributed by atoms with Gasteiger partial charge in [0.2, 0.25) is 0 Å². The van der Waals surface area contributed by atoms with E-state index in [0.717, 1.165) is 19.3 Å². The molecule has 0 aromatic rings. The second-order valence-electron chi connectivity index (χ2n) is 3.38. The summed E-state index contributed by atoms with van der Waals surface area (Å²) in [5.41, 5.74) is 5.42.